The van der Waals surface area contributed by atoms with Crippen LogP contribution < -0.4 is 11.2 Å². The second kappa shape index (κ2) is 4.93. The van der Waals surface area contributed by atoms with Crippen LogP contribution in [0.1, 0.15) is 0 Å². The Hall–Kier alpha value is -0.355. The van der Waals surface area contributed by atoms with Crippen LogP contribution in [0.2, 0.25) is 0 Å². The van der Waals surface area contributed by atoms with E-state index < -0.39 is 29.3 Å². The Morgan fingerprint density at radius 2 is 1.64 bits per heavy atom. The summed E-state index contributed by atoms with van der Waals surface area (Å²) in [5, 5.41) is 10.6. The molecular weight excluding hydrogens is 196 g/mol. The number of hydrogen-bond acceptors (Lipinski definition) is 8. The van der Waals surface area contributed by atoms with Gasteiger partial charge in [0.15, 0.2) is 0 Å². The van der Waals surface area contributed by atoms with Crippen LogP contribution >= 0.6 is 0 Å². The molecule has 0 aliphatic carbocycles. The van der Waals surface area contributed by atoms with E-state index in [1.54, 1.807) is 0 Å². The maximum absolute atomic E-state index is 10.6. The van der Waals surface area contributed by atoms with Crippen molar-refractivity contribution in [2.45, 2.75) is 0 Å². The third kappa shape index (κ3) is 2.57. The summed E-state index contributed by atoms with van der Waals surface area (Å²) in [6.45, 7) is 0. The molecular formula is H4B5NO8. The van der Waals surface area contributed by atoms with Gasteiger partial charge in [0.2, 0.25) is 0 Å². The van der Waals surface area contributed by atoms with Crippen LogP contribution in [-0.2, 0) is 32.1 Å². The third-order valence-electron chi connectivity index (χ3n) is 1.28. The zero-order valence-electron chi connectivity index (χ0n) is 7.15. The Bertz CT molecular complexity index is 182. The second-order valence-electron chi connectivity index (χ2n) is 2.07. The Morgan fingerprint density at radius 3 is 2.14 bits per heavy atom. The summed E-state index contributed by atoms with van der Waals surface area (Å²) in [6, 6.07) is 0. The molecule has 0 spiro atoms. The molecule has 2 bridgehead atoms. The zero-order valence-corrected chi connectivity index (χ0v) is 7.15. The maximum Gasteiger partial charge on any atom is -0.369 e. The van der Waals surface area contributed by atoms with Crippen molar-refractivity contribution in [1.29, 1.82) is 0 Å². The molecule has 72 valence electrons. The molecule has 0 unspecified atom stereocenters. The van der Waals surface area contributed by atoms with Gasteiger partial charge in [-0.05, 0) is 0 Å². The Labute approximate surface area is 80.9 Å². The summed E-state index contributed by atoms with van der Waals surface area (Å²) in [5.41, 5.74) is 0. The molecule has 2 rings (SSSR count). The monoisotopic (exact) mass is 201 g/mol. The van der Waals surface area contributed by atoms with Crippen LogP contribution in [0.4, 0.5) is 0 Å². The van der Waals surface area contributed by atoms with Crippen LogP contribution in [0.25, 0.3) is 0 Å². The molecule has 2 fully saturated rings. The van der Waals surface area contributed by atoms with Crippen LogP contribution in [0.15, 0.2) is 0 Å². The van der Waals surface area contributed by atoms with Crippen LogP contribution in [0.5, 0.6) is 0 Å². The standard InChI is InChI=1S/B5O8.H3N/c6-1-8-3-11-4-9-2(7)10-5(12-3)13-4;/h;1H3/q-1;/p+1. The SMILES string of the molecule is O=BOB1OB2OB([O-])OB(O1)O2.[NH4+]. The van der Waals surface area contributed by atoms with Crippen molar-refractivity contribution in [1.82, 2.24) is 6.15 Å². The van der Waals surface area contributed by atoms with Crippen molar-refractivity contribution in [2.24, 2.45) is 0 Å². The van der Waals surface area contributed by atoms with Gasteiger partial charge in [0.05, 0.1) is 0 Å². The van der Waals surface area contributed by atoms with E-state index in [0.717, 1.165) is 0 Å². The minimum Gasteiger partial charge on any atom is -0.369 e. The van der Waals surface area contributed by atoms with E-state index in [-0.39, 0.29) is 13.5 Å². The molecule has 0 amide bonds. The Morgan fingerprint density at radius 1 is 1.07 bits per heavy atom. The minimum atomic E-state index is -1.74. The molecule has 0 radical (unpaired) electrons. The Balaban J connectivity index is 0.000000980. The summed E-state index contributed by atoms with van der Waals surface area (Å²) in [6.07, 6.45) is 0. The molecule has 0 saturated carbocycles. The molecule has 14 heavy (non-hydrogen) atoms. The van der Waals surface area contributed by atoms with Crippen molar-refractivity contribution >= 4 is 36.6 Å². The fraction of sp³-hybridized carbons (Fsp3) is 0. The molecule has 0 aromatic heterocycles. The molecule has 0 aromatic rings. The molecule has 9 nitrogen and oxygen atoms in total. The van der Waals surface area contributed by atoms with Crippen LogP contribution in [0, 0.1) is 0 Å². The number of quaternary nitrogens is 1. The van der Waals surface area contributed by atoms with Gasteiger partial charge in [-0.1, -0.05) is 0 Å². The molecule has 0 aromatic carbocycles. The van der Waals surface area contributed by atoms with Crippen molar-refractivity contribution in [2.75, 3.05) is 0 Å². The van der Waals surface area contributed by atoms with Crippen molar-refractivity contribution in [3.63, 3.8) is 0 Å². The van der Waals surface area contributed by atoms with Gasteiger partial charge in [0.1, 0.15) is 0 Å². The normalized spacial score (nSPS) is 20.1. The van der Waals surface area contributed by atoms with Gasteiger partial charge in [-0.15, -0.1) is 0 Å². The number of hydrogen-bond donors (Lipinski definition) is 1. The van der Waals surface area contributed by atoms with Gasteiger partial charge in [0.25, 0.3) is 0 Å². The average Bonchev–Trinajstić information content (AvgIpc) is 2.01. The van der Waals surface area contributed by atoms with E-state index in [9.17, 15) is 9.73 Å². The number of rotatable bonds is 2. The molecule has 14 heteroatoms. The van der Waals surface area contributed by atoms with E-state index in [0.29, 0.717) is 0 Å². The van der Waals surface area contributed by atoms with Crippen molar-refractivity contribution < 1.29 is 37.2 Å². The fourth-order valence-electron chi connectivity index (χ4n) is 0.820. The van der Waals surface area contributed by atoms with Gasteiger partial charge < -0.3 is 6.15 Å². The first-order valence-electron chi connectivity index (χ1n) is 3.30. The van der Waals surface area contributed by atoms with Crippen molar-refractivity contribution in [3.8, 4) is 0 Å². The first-order chi connectivity index (χ1) is 6.28. The Kier molecular flexibility index (Phi) is 4.13. The van der Waals surface area contributed by atoms with Gasteiger partial charge in [-0.3, -0.25) is 0 Å². The third-order valence-corrected chi connectivity index (χ3v) is 1.28. The number of fused-ring (bicyclic) bond motifs is 2. The largest absolute Gasteiger partial charge is 0.369 e. The average molecular weight is 200 g/mol. The second-order valence-corrected chi connectivity index (χ2v) is 2.07. The van der Waals surface area contributed by atoms with Gasteiger partial charge >= 0.3 is 73.8 Å². The predicted octanol–water partition coefficient (Wildman–Crippen LogP) is -3.25. The molecule has 2 saturated heterocycles. The van der Waals surface area contributed by atoms with Crippen LogP contribution in [0.3, 0.4) is 0 Å². The van der Waals surface area contributed by atoms with Gasteiger partial charge in [-0.25, -0.2) is 0 Å². The van der Waals surface area contributed by atoms with E-state index in [2.05, 4.69) is 27.4 Å². The van der Waals surface area contributed by atoms with Gasteiger partial charge in [0, 0.05) is 0 Å². The van der Waals surface area contributed by atoms with E-state index >= 15 is 0 Å². The fourth-order valence-corrected chi connectivity index (χ4v) is 0.820. The maximum atomic E-state index is 10.6. The van der Waals surface area contributed by atoms with Gasteiger partial charge in [-0.2, -0.15) is 0 Å². The van der Waals surface area contributed by atoms with Crippen molar-refractivity contribution in [3.05, 3.63) is 0 Å². The molecule has 0 atom stereocenters. The van der Waals surface area contributed by atoms with Crippen LogP contribution in [-0.4, -0.2) is 36.6 Å². The van der Waals surface area contributed by atoms with E-state index in [4.69, 9.17) is 0 Å². The first-order valence-corrected chi connectivity index (χ1v) is 3.30. The first kappa shape index (κ1) is 11.7. The topological polar surface area (TPSA) is 132 Å². The quantitative estimate of drug-likeness (QED) is 0.459. The van der Waals surface area contributed by atoms with E-state index in [1.807, 2.05) is 0 Å². The smallest absolute Gasteiger partial charge is 0.369 e. The minimum absolute atomic E-state index is 0. The molecule has 4 N–H and O–H groups in total. The summed E-state index contributed by atoms with van der Waals surface area (Å²) >= 11 is 0. The molecule has 2 aliphatic rings. The summed E-state index contributed by atoms with van der Waals surface area (Å²) in [5.74, 6) is 0. The van der Waals surface area contributed by atoms with E-state index in [1.165, 1.54) is 0 Å². The molecule has 2 heterocycles. The summed E-state index contributed by atoms with van der Waals surface area (Å²) in [4.78, 5) is 0. The summed E-state index contributed by atoms with van der Waals surface area (Å²) < 4.78 is 37.1. The molecule has 2 aliphatic heterocycles. The zero-order chi connectivity index (χ0) is 9.26. The predicted molar refractivity (Wildman–Crippen MR) is 42.0 cm³/mol. The summed E-state index contributed by atoms with van der Waals surface area (Å²) in [7, 11) is -5.37.